The summed E-state index contributed by atoms with van der Waals surface area (Å²) < 4.78 is 0. The fraction of sp³-hybridized carbons (Fsp3) is 0.750. The molecule has 0 aliphatic heterocycles. The molecule has 0 saturated carbocycles. The standard InChI is InChI=1S/C12H24N2O/c1-6-8-12(10(3)15)13-11(4)14(5)9-7-2/h6,8,10,12,15H,7,9H2,1-5H3/b8-6-,13-11?. The van der Waals surface area contributed by atoms with Crippen LogP contribution < -0.4 is 0 Å². The van der Waals surface area contributed by atoms with Crippen molar-refractivity contribution in [2.75, 3.05) is 13.6 Å². The Hall–Kier alpha value is -0.830. The first-order valence-electron chi connectivity index (χ1n) is 5.59. The van der Waals surface area contributed by atoms with Crippen LogP contribution in [0.25, 0.3) is 0 Å². The number of aliphatic hydroxyl groups is 1. The van der Waals surface area contributed by atoms with Gasteiger partial charge in [0.05, 0.1) is 18.0 Å². The van der Waals surface area contributed by atoms with Crippen LogP contribution in [0.4, 0.5) is 0 Å². The minimum atomic E-state index is -0.439. The molecule has 0 aromatic rings. The second-order valence-electron chi connectivity index (χ2n) is 3.85. The lowest BCUT2D eigenvalue weighted by molar-refractivity contribution is 0.180. The highest BCUT2D eigenvalue weighted by Crippen LogP contribution is 2.03. The minimum Gasteiger partial charge on any atom is -0.391 e. The van der Waals surface area contributed by atoms with E-state index in [0.29, 0.717) is 0 Å². The van der Waals surface area contributed by atoms with Gasteiger partial charge in [-0.05, 0) is 27.2 Å². The summed E-state index contributed by atoms with van der Waals surface area (Å²) in [4.78, 5) is 6.60. The van der Waals surface area contributed by atoms with Gasteiger partial charge in [0.1, 0.15) is 0 Å². The van der Waals surface area contributed by atoms with E-state index in [1.807, 2.05) is 33.0 Å². The molecule has 2 atom stereocenters. The molecular weight excluding hydrogens is 188 g/mol. The van der Waals surface area contributed by atoms with E-state index in [9.17, 15) is 5.11 Å². The summed E-state index contributed by atoms with van der Waals surface area (Å²) in [6.45, 7) is 8.82. The molecule has 0 saturated heterocycles. The number of nitrogens with zero attached hydrogens (tertiary/aromatic N) is 2. The topological polar surface area (TPSA) is 35.8 Å². The molecule has 0 amide bonds. The zero-order valence-electron chi connectivity index (χ0n) is 10.6. The zero-order valence-corrected chi connectivity index (χ0v) is 10.6. The summed E-state index contributed by atoms with van der Waals surface area (Å²) in [7, 11) is 2.02. The van der Waals surface area contributed by atoms with Crippen molar-refractivity contribution in [2.24, 2.45) is 4.99 Å². The average molecular weight is 212 g/mol. The highest BCUT2D eigenvalue weighted by Gasteiger charge is 2.10. The first-order chi connectivity index (χ1) is 7.02. The number of hydrogen-bond donors (Lipinski definition) is 1. The molecule has 88 valence electrons. The van der Waals surface area contributed by atoms with Gasteiger partial charge in [-0.25, -0.2) is 0 Å². The van der Waals surface area contributed by atoms with Crippen LogP contribution in [0, 0.1) is 0 Å². The molecule has 0 aliphatic carbocycles. The van der Waals surface area contributed by atoms with Gasteiger partial charge in [-0.15, -0.1) is 0 Å². The Morgan fingerprint density at radius 2 is 2.13 bits per heavy atom. The van der Waals surface area contributed by atoms with Crippen LogP contribution in [0.15, 0.2) is 17.1 Å². The lowest BCUT2D eigenvalue weighted by Crippen LogP contribution is -2.28. The predicted molar refractivity (Wildman–Crippen MR) is 66.3 cm³/mol. The Kier molecular flexibility index (Phi) is 7.05. The summed E-state index contributed by atoms with van der Waals surface area (Å²) in [5.41, 5.74) is 0. The second-order valence-corrected chi connectivity index (χ2v) is 3.85. The van der Waals surface area contributed by atoms with Crippen LogP contribution in [0.5, 0.6) is 0 Å². The normalized spacial score (nSPS) is 16.8. The summed E-state index contributed by atoms with van der Waals surface area (Å²) in [5.74, 6) is 0.973. The maximum absolute atomic E-state index is 9.53. The van der Waals surface area contributed by atoms with Crippen LogP contribution in [0.2, 0.25) is 0 Å². The van der Waals surface area contributed by atoms with Crippen LogP contribution in [0.3, 0.4) is 0 Å². The Morgan fingerprint density at radius 1 is 1.53 bits per heavy atom. The van der Waals surface area contributed by atoms with Gasteiger partial charge >= 0.3 is 0 Å². The molecule has 3 heteroatoms. The van der Waals surface area contributed by atoms with Crippen molar-refractivity contribution in [3.05, 3.63) is 12.2 Å². The Bertz CT molecular complexity index is 222. The third kappa shape index (κ3) is 5.57. The Balaban J connectivity index is 4.52. The van der Waals surface area contributed by atoms with E-state index in [1.54, 1.807) is 6.92 Å². The van der Waals surface area contributed by atoms with Gasteiger partial charge in [-0.2, -0.15) is 0 Å². The predicted octanol–water partition coefficient (Wildman–Crippen LogP) is 2.07. The SMILES string of the molecule is C/C=C\C(N=C(C)N(C)CCC)C(C)O. The first-order valence-corrected chi connectivity index (χ1v) is 5.59. The number of allylic oxidation sites excluding steroid dienone is 1. The third-order valence-corrected chi connectivity index (χ3v) is 2.33. The van der Waals surface area contributed by atoms with Crippen molar-refractivity contribution in [3.8, 4) is 0 Å². The Labute approximate surface area is 93.5 Å². The molecule has 1 N–H and O–H groups in total. The van der Waals surface area contributed by atoms with Gasteiger partial charge in [0, 0.05) is 13.6 Å². The van der Waals surface area contributed by atoms with E-state index < -0.39 is 6.10 Å². The molecule has 0 fully saturated rings. The van der Waals surface area contributed by atoms with Gasteiger partial charge < -0.3 is 10.0 Å². The molecule has 0 aliphatic rings. The van der Waals surface area contributed by atoms with E-state index in [1.165, 1.54) is 0 Å². The van der Waals surface area contributed by atoms with Crippen LogP contribution in [0.1, 0.15) is 34.1 Å². The van der Waals surface area contributed by atoms with Crippen LogP contribution in [-0.2, 0) is 0 Å². The molecule has 0 spiro atoms. The molecule has 0 bridgehead atoms. The van der Waals surface area contributed by atoms with Crippen molar-refractivity contribution in [1.29, 1.82) is 0 Å². The van der Waals surface area contributed by atoms with Crippen LogP contribution >= 0.6 is 0 Å². The number of amidine groups is 1. The van der Waals surface area contributed by atoms with Crippen molar-refractivity contribution in [3.63, 3.8) is 0 Å². The average Bonchev–Trinajstić information content (AvgIpc) is 2.17. The molecule has 0 aromatic carbocycles. The van der Waals surface area contributed by atoms with Crippen molar-refractivity contribution < 1.29 is 5.11 Å². The molecular formula is C12H24N2O. The summed E-state index contributed by atoms with van der Waals surface area (Å²) in [6.07, 6.45) is 4.51. The zero-order chi connectivity index (χ0) is 11.8. The van der Waals surface area contributed by atoms with Gasteiger partial charge in [-0.1, -0.05) is 19.1 Å². The molecule has 0 radical (unpaired) electrons. The molecule has 15 heavy (non-hydrogen) atoms. The van der Waals surface area contributed by atoms with Crippen LogP contribution in [-0.4, -0.2) is 41.6 Å². The maximum atomic E-state index is 9.53. The highest BCUT2D eigenvalue weighted by atomic mass is 16.3. The van der Waals surface area contributed by atoms with Gasteiger partial charge in [0.15, 0.2) is 0 Å². The molecule has 3 nitrogen and oxygen atoms in total. The largest absolute Gasteiger partial charge is 0.391 e. The number of rotatable bonds is 5. The summed E-state index contributed by atoms with van der Waals surface area (Å²) in [5, 5.41) is 9.53. The fourth-order valence-electron chi connectivity index (χ4n) is 1.32. The number of aliphatic hydroxyl groups excluding tert-OH is 1. The lowest BCUT2D eigenvalue weighted by atomic mass is 10.2. The molecule has 0 aromatic heterocycles. The number of hydrogen-bond acceptors (Lipinski definition) is 2. The smallest absolute Gasteiger partial charge is 0.0963 e. The second kappa shape index (κ2) is 7.46. The summed E-state index contributed by atoms with van der Waals surface area (Å²) >= 11 is 0. The molecule has 2 unspecified atom stereocenters. The van der Waals surface area contributed by atoms with Crippen molar-refractivity contribution >= 4 is 5.84 Å². The lowest BCUT2D eigenvalue weighted by Gasteiger charge is -2.20. The van der Waals surface area contributed by atoms with E-state index in [0.717, 1.165) is 18.8 Å². The fourth-order valence-corrected chi connectivity index (χ4v) is 1.32. The van der Waals surface area contributed by atoms with E-state index in [2.05, 4.69) is 16.8 Å². The molecule has 0 heterocycles. The maximum Gasteiger partial charge on any atom is 0.0963 e. The van der Waals surface area contributed by atoms with E-state index in [4.69, 9.17) is 0 Å². The monoisotopic (exact) mass is 212 g/mol. The minimum absolute atomic E-state index is 0.130. The third-order valence-electron chi connectivity index (χ3n) is 2.33. The molecule has 0 rings (SSSR count). The van der Waals surface area contributed by atoms with Crippen molar-refractivity contribution in [1.82, 2.24) is 4.90 Å². The number of aliphatic imine (C=N–C) groups is 1. The van der Waals surface area contributed by atoms with E-state index >= 15 is 0 Å². The van der Waals surface area contributed by atoms with Gasteiger partial charge in [0.2, 0.25) is 0 Å². The summed E-state index contributed by atoms with van der Waals surface area (Å²) in [6, 6.07) is -0.130. The van der Waals surface area contributed by atoms with E-state index in [-0.39, 0.29) is 6.04 Å². The quantitative estimate of drug-likeness (QED) is 0.430. The van der Waals surface area contributed by atoms with Gasteiger partial charge in [-0.3, -0.25) is 4.99 Å². The Morgan fingerprint density at radius 3 is 2.53 bits per heavy atom. The van der Waals surface area contributed by atoms with Crippen molar-refractivity contribution in [2.45, 2.75) is 46.3 Å². The van der Waals surface area contributed by atoms with Gasteiger partial charge in [0.25, 0.3) is 0 Å². The highest BCUT2D eigenvalue weighted by molar-refractivity contribution is 5.79. The first kappa shape index (κ1) is 14.2.